The lowest BCUT2D eigenvalue weighted by Gasteiger charge is -2.21. The maximum atomic E-state index is 11.4. The molecule has 0 amide bonds. The maximum absolute atomic E-state index is 11.4. The lowest BCUT2D eigenvalue weighted by molar-refractivity contribution is 0.460. The second-order valence-electron chi connectivity index (χ2n) is 6.46. The highest BCUT2D eigenvalue weighted by Crippen LogP contribution is 2.22. The first kappa shape index (κ1) is 22.1. The topological polar surface area (TPSA) is 87.8 Å². The Morgan fingerprint density at radius 3 is 2.67 bits per heavy atom. The van der Waals surface area contributed by atoms with Gasteiger partial charge in [0.2, 0.25) is 10.0 Å². The summed E-state index contributed by atoms with van der Waals surface area (Å²) in [5.74, 6) is 1.47. The Morgan fingerprint density at radius 2 is 2.04 bits per heavy atom. The molecule has 1 saturated heterocycles. The van der Waals surface area contributed by atoms with Crippen molar-refractivity contribution in [2.45, 2.75) is 23.6 Å². The SMILES string of the molecule is CN=C(NCc1ccc(S(N)(=O)=O)s1)N1CCC(Cc2ccccc2)C1.I. The zero-order valence-corrected chi connectivity index (χ0v) is 19.1. The van der Waals surface area contributed by atoms with Crippen molar-refractivity contribution in [1.82, 2.24) is 10.2 Å². The Bertz CT molecular complexity index is 868. The minimum atomic E-state index is -3.63. The summed E-state index contributed by atoms with van der Waals surface area (Å²) in [4.78, 5) is 7.55. The number of halogens is 1. The fourth-order valence-electron chi connectivity index (χ4n) is 3.24. The second-order valence-corrected chi connectivity index (χ2v) is 9.41. The minimum absolute atomic E-state index is 0. The van der Waals surface area contributed by atoms with Crippen LogP contribution in [0.2, 0.25) is 0 Å². The van der Waals surface area contributed by atoms with Gasteiger partial charge in [0.25, 0.3) is 0 Å². The molecule has 6 nitrogen and oxygen atoms in total. The summed E-state index contributed by atoms with van der Waals surface area (Å²) in [7, 11) is -1.85. The number of nitrogens with one attached hydrogen (secondary N) is 1. The van der Waals surface area contributed by atoms with Gasteiger partial charge in [-0.05, 0) is 36.5 Å². The molecule has 0 radical (unpaired) electrons. The number of aliphatic imine (C=N–C) groups is 1. The van der Waals surface area contributed by atoms with Crippen LogP contribution >= 0.6 is 35.3 Å². The van der Waals surface area contributed by atoms with Gasteiger partial charge >= 0.3 is 0 Å². The zero-order chi connectivity index (χ0) is 18.6. The number of rotatable bonds is 5. The van der Waals surface area contributed by atoms with E-state index in [9.17, 15) is 8.42 Å². The van der Waals surface area contributed by atoms with Crippen LogP contribution in [0.25, 0.3) is 0 Å². The second kappa shape index (κ2) is 9.85. The first-order valence-corrected chi connectivity index (χ1v) is 10.9. The molecule has 3 N–H and O–H groups in total. The van der Waals surface area contributed by atoms with Crippen LogP contribution in [-0.4, -0.2) is 39.4 Å². The summed E-state index contributed by atoms with van der Waals surface area (Å²) in [6.45, 7) is 2.48. The fourth-order valence-corrected chi connectivity index (χ4v) is 4.96. The van der Waals surface area contributed by atoms with E-state index in [0.717, 1.165) is 36.8 Å². The number of primary sulfonamides is 1. The van der Waals surface area contributed by atoms with Gasteiger partial charge < -0.3 is 10.2 Å². The summed E-state index contributed by atoms with van der Waals surface area (Å²) in [5, 5.41) is 8.49. The number of nitrogens with two attached hydrogens (primary N) is 1. The number of hydrogen-bond acceptors (Lipinski definition) is 4. The number of hydrogen-bond donors (Lipinski definition) is 2. The highest BCUT2D eigenvalue weighted by molar-refractivity contribution is 14.0. The molecule has 0 aliphatic carbocycles. The normalized spacial score (nSPS) is 17.6. The summed E-state index contributed by atoms with van der Waals surface area (Å²) in [6.07, 6.45) is 2.22. The largest absolute Gasteiger partial charge is 0.351 e. The number of nitrogens with zero attached hydrogens (tertiary/aromatic N) is 2. The minimum Gasteiger partial charge on any atom is -0.351 e. The Balaban J connectivity index is 0.00000261. The molecule has 9 heteroatoms. The number of likely N-dealkylation sites (tertiary alicyclic amines) is 1. The lowest BCUT2D eigenvalue weighted by Crippen LogP contribution is -2.39. The third-order valence-corrected chi connectivity index (χ3v) is 7.03. The Kier molecular flexibility index (Phi) is 8.07. The zero-order valence-electron chi connectivity index (χ0n) is 15.2. The standard InChI is InChI=1S/C18H24N4O2S2.HI/c1-20-18(21-12-16-7-8-17(25-16)26(19,23)24)22-10-9-15(13-22)11-14-5-3-2-4-6-14;/h2-8,15H,9-13H2,1H3,(H,20,21)(H2,19,23,24);1H. The molecule has 0 saturated carbocycles. The van der Waals surface area contributed by atoms with Crippen molar-refractivity contribution in [3.63, 3.8) is 0 Å². The van der Waals surface area contributed by atoms with E-state index >= 15 is 0 Å². The van der Waals surface area contributed by atoms with Gasteiger partial charge in [-0.2, -0.15) is 0 Å². The van der Waals surface area contributed by atoms with E-state index in [1.165, 1.54) is 16.9 Å². The first-order valence-electron chi connectivity index (χ1n) is 8.57. The van der Waals surface area contributed by atoms with E-state index in [2.05, 4.69) is 39.5 Å². The van der Waals surface area contributed by atoms with Crippen LogP contribution in [0.3, 0.4) is 0 Å². The number of sulfonamides is 1. The Morgan fingerprint density at radius 1 is 1.30 bits per heavy atom. The monoisotopic (exact) mass is 520 g/mol. The van der Waals surface area contributed by atoms with Crippen molar-refractivity contribution in [2.75, 3.05) is 20.1 Å². The van der Waals surface area contributed by atoms with E-state index in [0.29, 0.717) is 12.5 Å². The summed E-state index contributed by atoms with van der Waals surface area (Å²) in [5.41, 5.74) is 1.37. The van der Waals surface area contributed by atoms with E-state index in [1.807, 2.05) is 6.07 Å². The molecule has 3 rings (SSSR count). The van der Waals surface area contributed by atoms with Gasteiger partial charge in [-0.15, -0.1) is 35.3 Å². The van der Waals surface area contributed by atoms with E-state index in [4.69, 9.17) is 5.14 Å². The van der Waals surface area contributed by atoms with Gasteiger partial charge in [-0.3, -0.25) is 4.99 Å². The van der Waals surface area contributed by atoms with Crippen LogP contribution in [0.1, 0.15) is 16.9 Å². The molecule has 2 aromatic rings. The average Bonchev–Trinajstić information content (AvgIpc) is 3.26. The van der Waals surface area contributed by atoms with Crippen molar-refractivity contribution < 1.29 is 8.42 Å². The summed E-state index contributed by atoms with van der Waals surface area (Å²) < 4.78 is 22.9. The van der Waals surface area contributed by atoms with Crippen LogP contribution in [-0.2, 0) is 23.0 Å². The third-order valence-electron chi connectivity index (χ3n) is 4.50. The number of thiophene rings is 1. The summed E-state index contributed by atoms with van der Waals surface area (Å²) in [6, 6.07) is 13.9. The van der Waals surface area contributed by atoms with Crippen molar-refractivity contribution in [1.29, 1.82) is 0 Å². The van der Waals surface area contributed by atoms with Gasteiger partial charge in [0.15, 0.2) is 5.96 Å². The molecular formula is C18H25IN4O2S2. The van der Waals surface area contributed by atoms with Crippen LogP contribution in [0.15, 0.2) is 51.7 Å². The molecule has 1 fully saturated rings. The van der Waals surface area contributed by atoms with Gasteiger partial charge in [0.05, 0.1) is 6.54 Å². The molecule has 1 aliphatic heterocycles. The smallest absolute Gasteiger partial charge is 0.247 e. The van der Waals surface area contributed by atoms with Crippen molar-refractivity contribution >= 4 is 51.3 Å². The molecule has 1 unspecified atom stereocenters. The maximum Gasteiger partial charge on any atom is 0.247 e. The average molecular weight is 520 g/mol. The number of benzene rings is 1. The Hall–Kier alpha value is -1.17. The molecule has 1 aromatic carbocycles. The predicted octanol–water partition coefficient (Wildman–Crippen LogP) is 2.65. The molecule has 0 spiro atoms. The van der Waals surface area contributed by atoms with Gasteiger partial charge in [-0.25, -0.2) is 13.6 Å². The van der Waals surface area contributed by atoms with Crippen LogP contribution in [0.5, 0.6) is 0 Å². The van der Waals surface area contributed by atoms with Crippen molar-refractivity contribution in [3.05, 3.63) is 52.9 Å². The molecule has 148 valence electrons. The Labute approximate surface area is 181 Å². The van der Waals surface area contributed by atoms with Crippen LogP contribution in [0, 0.1) is 5.92 Å². The van der Waals surface area contributed by atoms with Crippen molar-refractivity contribution in [3.8, 4) is 0 Å². The van der Waals surface area contributed by atoms with E-state index in [-0.39, 0.29) is 28.2 Å². The summed E-state index contributed by atoms with van der Waals surface area (Å²) >= 11 is 1.19. The quantitative estimate of drug-likeness (QED) is 0.361. The van der Waals surface area contributed by atoms with Crippen LogP contribution in [0.4, 0.5) is 0 Å². The molecule has 1 atom stereocenters. The van der Waals surface area contributed by atoms with Crippen molar-refractivity contribution in [2.24, 2.45) is 16.0 Å². The first-order chi connectivity index (χ1) is 12.5. The third kappa shape index (κ3) is 6.16. The highest BCUT2D eigenvalue weighted by atomic mass is 127. The fraction of sp³-hybridized carbons (Fsp3) is 0.389. The van der Waals surface area contributed by atoms with Gasteiger partial charge in [-0.1, -0.05) is 30.3 Å². The molecule has 1 aromatic heterocycles. The van der Waals surface area contributed by atoms with Gasteiger partial charge in [0, 0.05) is 25.0 Å². The van der Waals surface area contributed by atoms with Crippen LogP contribution < -0.4 is 10.5 Å². The molecule has 0 bridgehead atoms. The predicted molar refractivity (Wildman–Crippen MR) is 121 cm³/mol. The lowest BCUT2D eigenvalue weighted by atomic mass is 9.99. The molecule has 1 aliphatic rings. The highest BCUT2D eigenvalue weighted by Gasteiger charge is 2.25. The molecule has 27 heavy (non-hydrogen) atoms. The van der Waals surface area contributed by atoms with Gasteiger partial charge in [0.1, 0.15) is 4.21 Å². The number of guanidine groups is 1. The molecule has 2 heterocycles. The van der Waals surface area contributed by atoms with E-state index < -0.39 is 10.0 Å². The van der Waals surface area contributed by atoms with E-state index in [1.54, 1.807) is 19.2 Å². The molecular weight excluding hydrogens is 495 g/mol.